The Labute approximate surface area is 210 Å². The SMILES string of the molecule is COc1cc(OC)c(NC(=O)N2CCC3(CCN(C(=O)Nc4ccccc4OC)CC3)C2)cc1Cl. The molecule has 0 atom stereocenters. The lowest BCUT2D eigenvalue weighted by Crippen LogP contribution is -2.46. The highest BCUT2D eigenvalue weighted by molar-refractivity contribution is 6.32. The van der Waals surface area contributed by atoms with Crippen LogP contribution in [0.3, 0.4) is 0 Å². The van der Waals surface area contributed by atoms with Crippen LogP contribution >= 0.6 is 11.6 Å². The predicted molar refractivity (Wildman–Crippen MR) is 135 cm³/mol. The number of carbonyl (C=O) groups is 2. The van der Waals surface area contributed by atoms with Gasteiger partial charge in [0.15, 0.2) is 0 Å². The third-order valence-corrected chi connectivity index (χ3v) is 7.20. The van der Waals surface area contributed by atoms with E-state index < -0.39 is 0 Å². The van der Waals surface area contributed by atoms with Crippen molar-refractivity contribution in [3.63, 3.8) is 0 Å². The number of rotatable bonds is 5. The van der Waals surface area contributed by atoms with Crippen molar-refractivity contribution in [3.05, 3.63) is 41.4 Å². The summed E-state index contributed by atoms with van der Waals surface area (Å²) in [5, 5.41) is 6.25. The van der Waals surface area contributed by atoms with Gasteiger partial charge in [0.2, 0.25) is 0 Å². The molecule has 10 heteroatoms. The van der Waals surface area contributed by atoms with E-state index in [1.54, 1.807) is 19.2 Å². The molecule has 2 aliphatic rings. The average molecular weight is 503 g/mol. The molecule has 2 fully saturated rings. The van der Waals surface area contributed by atoms with Gasteiger partial charge in [-0.1, -0.05) is 23.7 Å². The molecule has 0 aromatic heterocycles. The molecule has 1 spiro atoms. The van der Waals surface area contributed by atoms with Crippen LogP contribution < -0.4 is 24.8 Å². The number of benzene rings is 2. The Kier molecular flexibility index (Phi) is 7.45. The number of amides is 4. The molecule has 0 aliphatic carbocycles. The maximum Gasteiger partial charge on any atom is 0.321 e. The molecule has 2 aromatic rings. The Bertz CT molecular complexity index is 1090. The summed E-state index contributed by atoms with van der Waals surface area (Å²) >= 11 is 6.24. The number of hydrogen-bond acceptors (Lipinski definition) is 5. The third kappa shape index (κ3) is 5.35. The number of piperidine rings is 1. The van der Waals surface area contributed by atoms with Gasteiger partial charge in [-0.3, -0.25) is 0 Å². The van der Waals surface area contributed by atoms with Crippen LogP contribution in [0, 0.1) is 5.41 Å². The first-order valence-corrected chi connectivity index (χ1v) is 11.9. The van der Waals surface area contributed by atoms with E-state index in [0.717, 1.165) is 19.3 Å². The summed E-state index contributed by atoms with van der Waals surface area (Å²) in [6.07, 6.45) is 2.59. The molecule has 4 rings (SSSR count). The molecule has 0 unspecified atom stereocenters. The Morgan fingerprint density at radius 1 is 0.800 bits per heavy atom. The molecule has 0 bridgehead atoms. The van der Waals surface area contributed by atoms with Crippen LogP contribution in [0.2, 0.25) is 5.02 Å². The lowest BCUT2D eigenvalue weighted by molar-refractivity contribution is 0.128. The van der Waals surface area contributed by atoms with Gasteiger partial charge in [-0.15, -0.1) is 0 Å². The van der Waals surface area contributed by atoms with E-state index in [2.05, 4.69) is 10.6 Å². The van der Waals surface area contributed by atoms with E-state index in [-0.39, 0.29) is 17.5 Å². The van der Waals surface area contributed by atoms with Crippen molar-refractivity contribution in [2.45, 2.75) is 19.3 Å². The Hall–Kier alpha value is -3.33. The molecule has 9 nitrogen and oxygen atoms in total. The predicted octanol–water partition coefficient (Wildman–Crippen LogP) is 4.92. The molecule has 2 saturated heterocycles. The van der Waals surface area contributed by atoms with Crippen molar-refractivity contribution in [2.75, 3.05) is 58.1 Å². The van der Waals surface area contributed by atoms with E-state index in [4.69, 9.17) is 25.8 Å². The number of methoxy groups -OCH3 is 3. The van der Waals surface area contributed by atoms with Gasteiger partial charge < -0.3 is 34.6 Å². The zero-order valence-corrected chi connectivity index (χ0v) is 21.0. The molecule has 188 valence electrons. The Balaban J connectivity index is 1.33. The second kappa shape index (κ2) is 10.5. The molecule has 35 heavy (non-hydrogen) atoms. The highest BCUT2D eigenvalue weighted by Crippen LogP contribution is 2.41. The Morgan fingerprint density at radius 2 is 1.37 bits per heavy atom. The Morgan fingerprint density at radius 3 is 2.03 bits per heavy atom. The molecule has 4 amide bonds. The maximum absolute atomic E-state index is 13.0. The van der Waals surface area contributed by atoms with Gasteiger partial charge in [-0.05, 0) is 42.9 Å². The summed E-state index contributed by atoms with van der Waals surface area (Å²) in [5.41, 5.74) is 1.16. The van der Waals surface area contributed by atoms with E-state index in [0.29, 0.717) is 59.8 Å². The largest absolute Gasteiger partial charge is 0.495 e. The molecule has 2 N–H and O–H groups in total. The van der Waals surface area contributed by atoms with Crippen molar-refractivity contribution in [1.82, 2.24) is 9.80 Å². The van der Waals surface area contributed by atoms with Crippen LogP contribution in [-0.4, -0.2) is 69.4 Å². The molecular weight excluding hydrogens is 472 g/mol. The van der Waals surface area contributed by atoms with Crippen molar-refractivity contribution in [1.29, 1.82) is 0 Å². The number of hydrogen-bond donors (Lipinski definition) is 2. The van der Waals surface area contributed by atoms with Crippen molar-refractivity contribution < 1.29 is 23.8 Å². The monoisotopic (exact) mass is 502 g/mol. The van der Waals surface area contributed by atoms with Gasteiger partial charge in [-0.25, -0.2) is 9.59 Å². The van der Waals surface area contributed by atoms with E-state index in [1.807, 2.05) is 34.1 Å². The number of nitrogens with zero attached hydrogens (tertiary/aromatic N) is 2. The summed E-state index contributed by atoms with van der Waals surface area (Å²) < 4.78 is 15.9. The fourth-order valence-corrected chi connectivity index (χ4v) is 5.04. The van der Waals surface area contributed by atoms with Crippen LogP contribution in [0.4, 0.5) is 21.0 Å². The summed E-state index contributed by atoms with van der Waals surface area (Å²) in [7, 11) is 4.63. The number of likely N-dealkylation sites (tertiary alicyclic amines) is 2. The van der Waals surface area contributed by atoms with Gasteiger partial charge >= 0.3 is 12.1 Å². The number of ether oxygens (including phenoxy) is 3. The first kappa shape index (κ1) is 24.8. The maximum atomic E-state index is 13.0. The first-order valence-electron chi connectivity index (χ1n) is 11.5. The van der Waals surface area contributed by atoms with Crippen LogP contribution in [0.25, 0.3) is 0 Å². The molecule has 2 aliphatic heterocycles. The second-order valence-electron chi connectivity index (χ2n) is 8.91. The lowest BCUT2D eigenvalue weighted by atomic mass is 9.78. The number of urea groups is 2. The number of nitrogens with one attached hydrogen (secondary N) is 2. The summed E-state index contributed by atoms with van der Waals surface area (Å²) in [6, 6.07) is 10.3. The summed E-state index contributed by atoms with van der Waals surface area (Å²) in [5.74, 6) is 1.58. The van der Waals surface area contributed by atoms with Gasteiger partial charge in [0, 0.05) is 32.2 Å². The molecular formula is C25H31ClN4O5. The number of para-hydroxylation sites is 2. The lowest BCUT2D eigenvalue weighted by Gasteiger charge is -2.39. The highest BCUT2D eigenvalue weighted by Gasteiger charge is 2.43. The van der Waals surface area contributed by atoms with E-state index in [9.17, 15) is 9.59 Å². The van der Waals surface area contributed by atoms with E-state index >= 15 is 0 Å². The molecule has 2 aromatic carbocycles. The fraction of sp³-hybridized carbons (Fsp3) is 0.440. The van der Waals surface area contributed by atoms with Gasteiger partial charge in [0.05, 0.1) is 37.7 Å². The standard InChI is InChI=1S/C25H31ClN4O5/c1-33-20-7-5-4-6-18(20)27-23(31)29-11-8-25(9-12-29)10-13-30(16-25)24(32)28-19-14-17(26)21(34-2)15-22(19)35-3/h4-7,14-15H,8-13,16H2,1-3H3,(H,27,31)(H,28,32). The smallest absolute Gasteiger partial charge is 0.321 e. The normalized spacial score (nSPS) is 16.7. The second-order valence-corrected chi connectivity index (χ2v) is 9.31. The number of anilines is 2. The van der Waals surface area contributed by atoms with Crippen LogP contribution in [0.1, 0.15) is 19.3 Å². The van der Waals surface area contributed by atoms with Gasteiger partial charge in [0.1, 0.15) is 17.2 Å². The van der Waals surface area contributed by atoms with E-state index in [1.165, 1.54) is 14.2 Å². The minimum absolute atomic E-state index is 0.0141. The topological polar surface area (TPSA) is 92.4 Å². The van der Waals surface area contributed by atoms with Crippen molar-refractivity contribution in [2.24, 2.45) is 5.41 Å². The van der Waals surface area contributed by atoms with Crippen molar-refractivity contribution in [3.8, 4) is 17.2 Å². The average Bonchev–Trinajstić information content (AvgIpc) is 3.28. The third-order valence-electron chi connectivity index (χ3n) is 6.90. The van der Waals surface area contributed by atoms with Crippen LogP contribution in [0.15, 0.2) is 36.4 Å². The zero-order chi connectivity index (χ0) is 25.0. The van der Waals surface area contributed by atoms with Crippen LogP contribution in [-0.2, 0) is 0 Å². The quantitative estimate of drug-likeness (QED) is 0.605. The van der Waals surface area contributed by atoms with Gasteiger partial charge in [0.25, 0.3) is 0 Å². The minimum atomic E-state index is -0.197. The fourth-order valence-electron chi connectivity index (χ4n) is 4.79. The van der Waals surface area contributed by atoms with Gasteiger partial charge in [-0.2, -0.15) is 0 Å². The summed E-state index contributed by atoms with van der Waals surface area (Å²) in [4.78, 5) is 29.5. The van der Waals surface area contributed by atoms with Crippen LogP contribution in [0.5, 0.6) is 17.2 Å². The minimum Gasteiger partial charge on any atom is -0.495 e. The summed E-state index contributed by atoms with van der Waals surface area (Å²) in [6.45, 7) is 2.58. The molecule has 2 heterocycles. The number of carbonyl (C=O) groups excluding carboxylic acids is 2. The molecule has 0 saturated carbocycles. The highest BCUT2D eigenvalue weighted by atomic mass is 35.5. The zero-order valence-electron chi connectivity index (χ0n) is 20.2. The molecule has 0 radical (unpaired) electrons. The van der Waals surface area contributed by atoms with Crippen molar-refractivity contribution >= 4 is 35.0 Å². The number of halogens is 1. The first-order chi connectivity index (χ1) is 16.9.